The number of nitrogens with one attached hydrogen (secondary N) is 1. The molecule has 1 amide bonds. The smallest absolute Gasteiger partial charge is 0.248 e. The normalized spacial score (nSPS) is 12.3. The molecule has 0 radical (unpaired) electrons. The molecule has 8 heteroatoms. The second-order valence-corrected chi connectivity index (χ2v) is 7.98. The molecule has 0 saturated heterocycles. The van der Waals surface area contributed by atoms with E-state index in [1.807, 2.05) is 0 Å². The fourth-order valence-corrected chi connectivity index (χ4v) is 3.91. The molecular formula is C18H21ClN2O4S. The molecule has 140 valence electrons. The summed E-state index contributed by atoms with van der Waals surface area (Å²) in [5.74, 6) is 0.162. The minimum Gasteiger partial charge on any atom is -0.497 e. The topological polar surface area (TPSA) is 75.7 Å². The fraction of sp³-hybridized carbons (Fsp3) is 0.278. The van der Waals surface area contributed by atoms with E-state index in [1.165, 1.54) is 7.11 Å². The predicted molar refractivity (Wildman–Crippen MR) is 104 cm³/mol. The van der Waals surface area contributed by atoms with Crippen molar-refractivity contribution in [1.29, 1.82) is 0 Å². The first-order chi connectivity index (χ1) is 12.3. The van der Waals surface area contributed by atoms with Gasteiger partial charge in [0.1, 0.15) is 11.8 Å². The molecule has 0 aliphatic heterocycles. The Labute approximate surface area is 158 Å². The Hall–Kier alpha value is -2.25. The van der Waals surface area contributed by atoms with Crippen LogP contribution in [0.5, 0.6) is 5.75 Å². The average molecular weight is 397 g/mol. The number of carbonyl (C=O) groups excluding carboxylic acids is 1. The van der Waals surface area contributed by atoms with Gasteiger partial charge in [-0.15, -0.1) is 0 Å². The number of hydrogen-bond donors (Lipinski definition) is 1. The lowest BCUT2D eigenvalue weighted by Gasteiger charge is -2.30. The molecule has 0 unspecified atom stereocenters. The van der Waals surface area contributed by atoms with Crippen molar-refractivity contribution in [3.05, 3.63) is 53.6 Å². The second-order valence-electron chi connectivity index (χ2n) is 5.68. The first-order valence-electron chi connectivity index (χ1n) is 7.96. The van der Waals surface area contributed by atoms with Crippen LogP contribution in [-0.4, -0.2) is 33.7 Å². The van der Waals surface area contributed by atoms with Crippen LogP contribution in [0.3, 0.4) is 0 Å². The van der Waals surface area contributed by atoms with Crippen LogP contribution in [-0.2, 0) is 14.8 Å². The largest absolute Gasteiger partial charge is 0.497 e. The van der Waals surface area contributed by atoms with Gasteiger partial charge in [0.2, 0.25) is 15.9 Å². The van der Waals surface area contributed by atoms with E-state index in [0.717, 1.165) is 10.6 Å². The Morgan fingerprint density at radius 3 is 2.42 bits per heavy atom. The van der Waals surface area contributed by atoms with Crippen molar-refractivity contribution in [3.63, 3.8) is 0 Å². The van der Waals surface area contributed by atoms with E-state index in [2.05, 4.69) is 5.32 Å². The summed E-state index contributed by atoms with van der Waals surface area (Å²) < 4.78 is 31.0. The number of benzene rings is 2. The summed E-state index contributed by atoms with van der Waals surface area (Å²) in [5, 5.41) is 3.23. The van der Waals surface area contributed by atoms with E-state index in [4.69, 9.17) is 16.3 Å². The van der Waals surface area contributed by atoms with E-state index < -0.39 is 22.0 Å². The number of anilines is 2. The third-order valence-corrected chi connectivity index (χ3v) is 5.18. The van der Waals surface area contributed by atoms with Crippen LogP contribution in [0.2, 0.25) is 5.02 Å². The minimum absolute atomic E-state index is 0.297. The van der Waals surface area contributed by atoms with E-state index in [-0.39, 0.29) is 0 Å². The lowest BCUT2D eigenvalue weighted by atomic mass is 10.1. The number of nitrogens with zero attached hydrogens (tertiary/aromatic N) is 1. The highest BCUT2D eigenvalue weighted by Gasteiger charge is 2.31. The van der Waals surface area contributed by atoms with Crippen molar-refractivity contribution in [2.75, 3.05) is 23.0 Å². The molecule has 0 spiro atoms. The monoisotopic (exact) mass is 396 g/mol. The number of rotatable bonds is 7. The van der Waals surface area contributed by atoms with Gasteiger partial charge in [-0.2, -0.15) is 0 Å². The molecule has 2 rings (SSSR count). The van der Waals surface area contributed by atoms with Gasteiger partial charge in [0.15, 0.2) is 0 Å². The summed E-state index contributed by atoms with van der Waals surface area (Å²) in [7, 11) is -2.16. The van der Waals surface area contributed by atoms with Gasteiger partial charge in [0, 0.05) is 16.8 Å². The molecule has 1 N–H and O–H groups in total. The number of amides is 1. The van der Waals surface area contributed by atoms with Crippen LogP contribution < -0.4 is 14.4 Å². The Kier molecular flexibility index (Phi) is 6.50. The van der Waals surface area contributed by atoms with Crippen molar-refractivity contribution in [3.8, 4) is 5.75 Å². The molecule has 0 saturated carbocycles. The number of halogens is 1. The van der Waals surface area contributed by atoms with Gasteiger partial charge in [-0.1, -0.05) is 24.6 Å². The van der Waals surface area contributed by atoms with E-state index in [9.17, 15) is 13.2 Å². The van der Waals surface area contributed by atoms with Gasteiger partial charge in [-0.05, 0) is 42.8 Å². The summed E-state index contributed by atoms with van der Waals surface area (Å²) in [6.07, 6.45) is 1.37. The minimum atomic E-state index is -3.69. The summed E-state index contributed by atoms with van der Waals surface area (Å²) in [6.45, 7) is 1.75. The van der Waals surface area contributed by atoms with Gasteiger partial charge in [-0.25, -0.2) is 8.42 Å². The van der Waals surface area contributed by atoms with E-state index in [0.29, 0.717) is 28.6 Å². The van der Waals surface area contributed by atoms with Crippen molar-refractivity contribution in [1.82, 2.24) is 0 Å². The van der Waals surface area contributed by atoms with Crippen molar-refractivity contribution in [2.45, 2.75) is 19.4 Å². The predicted octanol–water partition coefficient (Wildman–Crippen LogP) is 3.53. The standard InChI is InChI=1S/C18H21ClN2O4S/c1-4-17(18(22)20-14-6-5-7-16(12-14)25-2)21(26(3,23)24)15-10-8-13(19)9-11-15/h5-12,17H,4H2,1-3H3,(H,20,22)/t17-/m1/s1. The molecule has 0 aromatic heterocycles. The zero-order chi connectivity index (χ0) is 19.3. The zero-order valence-corrected chi connectivity index (χ0v) is 16.3. The van der Waals surface area contributed by atoms with Crippen LogP contribution in [0.4, 0.5) is 11.4 Å². The van der Waals surface area contributed by atoms with Crippen LogP contribution in [0, 0.1) is 0 Å². The molecule has 26 heavy (non-hydrogen) atoms. The van der Waals surface area contributed by atoms with E-state index in [1.54, 1.807) is 55.5 Å². The van der Waals surface area contributed by atoms with Gasteiger partial charge in [0.05, 0.1) is 19.1 Å². The Balaban J connectivity index is 2.34. The van der Waals surface area contributed by atoms with Crippen molar-refractivity contribution in [2.24, 2.45) is 0 Å². The number of sulfonamides is 1. The third-order valence-electron chi connectivity index (χ3n) is 3.75. The highest BCUT2D eigenvalue weighted by atomic mass is 35.5. The van der Waals surface area contributed by atoms with Crippen LogP contribution >= 0.6 is 11.6 Å². The molecule has 0 aliphatic carbocycles. The zero-order valence-electron chi connectivity index (χ0n) is 14.8. The van der Waals surface area contributed by atoms with Crippen LogP contribution in [0.25, 0.3) is 0 Å². The maximum atomic E-state index is 12.8. The molecule has 6 nitrogen and oxygen atoms in total. The lowest BCUT2D eigenvalue weighted by Crippen LogP contribution is -2.46. The number of carbonyl (C=O) groups is 1. The number of hydrogen-bond acceptors (Lipinski definition) is 4. The molecule has 0 heterocycles. The van der Waals surface area contributed by atoms with Crippen molar-refractivity contribution < 1.29 is 17.9 Å². The first kappa shape index (κ1) is 20.1. The average Bonchev–Trinajstić information content (AvgIpc) is 2.59. The Morgan fingerprint density at radius 1 is 1.23 bits per heavy atom. The molecule has 0 fully saturated rings. The molecule has 0 aliphatic rings. The molecule has 0 bridgehead atoms. The fourth-order valence-electron chi connectivity index (χ4n) is 2.57. The maximum Gasteiger partial charge on any atom is 0.248 e. The van der Waals surface area contributed by atoms with Gasteiger partial charge in [-0.3, -0.25) is 9.10 Å². The quantitative estimate of drug-likeness (QED) is 0.776. The molecule has 1 atom stereocenters. The van der Waals surface area contributed by atoms with Crippen LogP contribution in [0.15, 0.2) is 48.5 Å². The van der Waals surface area contributed by atoms with Crippen LogP contribution in [0.1, 0.15) is 13.3 Å². The Bertz CT molecular complexity index is 869. The number of ether oxygens (including phenoxy) is 1. The summed E-state index contributed by atoms with van der Waals surface area (Å²) in [4.78, 5) is 12.8. The summed E-state index contributed by atoms with van der Waals surface area (Å²) in [5.41, 5.74) is 0.905. The maximum absolute atomic E-state index is 12.8. The van der Waals surface area contributed by atoms with Gasteiger partial charge < -0.3 is 10.1 Å². The SMILES string of the molecule is CC[C@H](C(=O)Nc1cccc(OC)c1)N(c1ccc(Cl)cc1)S(C)(=O)=O. The highest BCUT2D eigenvalue weighted by molar-refractivity contribution is 7.92. The first-order valence-corrected chi connectivity index (χ1v) is 10.2. The third kappa shape index (κ3) is 4.89. The molecule has 2 aromatic carbocycles. The number of methoxy groups -OCH3 is 1. The molecule has 2 aromatic rings. The highest BCUT2D eigenvalue weighted by Crippen LogP contribution is 2.25. The van der Waals surface area contributed by atoms with E-state index >= 15 is 0 Å². The summed E-state index contributed by atoms with van der Waals surface area (Å²) >= 11 is 5.88. The summed E-state index contributed by atoms with van der Waals surface area (Å²) in [6, 6.07) is 12.3. The van der Waals surface area contributed by atoms with Gasteiger partial charge >= 0.3 is 0 Å². The Morgan fingerprint density at radius 2 is 1.88 bits per heavy atom. The second kappa shape index (κ2) is 8.42. The lowest BCUT2D eigenvalue weighted by molar-refractivity contribution is -0.117. The van der Waals surface area contributed by atoms with Crippen molar-refractivity contribution >= 4 is 38.9 Å². The van der Waals surface area contributed by atoms with Gasteiger partial charge in [0.25, 0.3) is 0 Å². The molecular weight excluding hydrogens is 376 g/mol.